The summed E-state index contributed by atoms with van der Waals surface area (Å²) < 4.78 is 16.4. The maximum atomic E-state index is 5.69. The number of hydrogen-bond acceptors (Lipinski definition) is 4. The minimum Gasteiger partial charge on any atom is -0.493 e. The van der Waals surface area contributed by atoms with Crippen LogP contribution in [0.5, 0.6) is 17.2 Å². The van der Waals surface area contributed by atoms with Crippen molar-refractivity contribution in [3.63, 3.8) is 0 Å². The van der Waals surface area contributed by atoms with E-state index in [0.717, 1.165) is 30.8 Å². The summed E-state index contributed by atoms with van der Waals surface area (Å²) in [5.74, 6) is 2.70. The molecule has 0 heterocycles. The third kappa shape index (κ3) is 2.01. The highest BCUT2D eigenvalue weighted by Crippen LogP contribution is 2.49. The van der Waals surface area contributed by atoms with Gasteiger partial charge in [0.25, 0.3) is 0 Å². The van der Waals surface area contributed by atoms with Gasteiger partial charge >= 0.3 is 0 Å². The van der Waals surface area contributed by atoms with Gasteiger partial charge in [-0.1, -0.05) is 0 Å². The molecule has 2 N–H and O–H groups in total. The molecule has 0 radical (unpaired) electrons. The predicted octanol–water partition coefficient (Wildman–Crippen LogP) is 2.09. The van der Waals surface area contributed by atoms with Crippen molar-refractivity contribution in [2.45, 2.75) is 25.2 Å². The minimum absolute atomic E-state index is 0.472. The van der Waals surface area contributed by atoms with Gasteiger partial charge in [-0.15, -0.1) is 0 Å². The fourth-order valence-corrected chi connectivity index (χ4v) is 2.85. The number of fused-ring (bicyclic) bond motifs is 1. The monoisotopic (exact) mass is 251 g/mol. The Hall–Kier alpha value is -1.42. The second-order valence-corrected chi connectivity index (χ2v) is 4.53. The van der Waals surface area contributed by atoms with Crippen LogP contribution >= 0.6 is 0 Å². The van der Waals surface area contributed by atoms with Crippen molar-refractivity contribution < 1.29 is 14.2 Å². The molecule has 1 aliphatic carbocycles. The van der Waals surface area contributed by atoms with E-state index in [2.05, 4.69) is 6.07 Å². The van der Waals surface area contributed by atoms with E-state index >= 15 is 0 Å². The largest absolute Gasteiger partial charge is 0.493 e. The number of hydrogen-bond donors (Lipinski definition) is 1. The number of nitrogens with two attached hydrogens (primary N) is 1. The van der Waals surface area contributed by atoms with E-state index in [1.165, 1.54) is 11.1 Å². The van der Waals surface area contributed by atoms with E-state index in [9.17, 15) is 0 Å². The summed E-state index contributed by atoms with van der Waals surface area (Å²) in [4.78, 5) is 0. The molecule has 4 nitrogen and oxygen atoms in total. The quantitative estimate of drug-likeness (QED) is 0.870. The Morgan fingerprint density at radius 2 is 1.89 bits per heavy atom. The third-order valence-electron chi connectivity index (χ3n) is 3.64. The predicted molar refractivity (Wildman–Crippen MR) is 70.8 cm³/mol. The van der Waals surface area contributed by atoms with Crippen molar-refractivity contribution in [2.24, 2.45) is 5.73 Å². The first-order valence-corrected chi connectivity index (χ1v) is 6.28. The lowest BCUT2D eigenvalue weighted by Crippen LogP contribution is -2.07. The smallest absolute Gasteiger partial charge is 0.203 e. The van der Waals surface area contributed by atoms with Gasteiger partial charge in [0.15, 0.2) is 11.5 Å². The fourth-order valence-electron chi connectivity index (χ4n) is 2.85. The molecule has 0 aliphatic heterocycles. The van der Waals surface area contributed by atoms with Crippen LogP contribution in [-0.2, 0) is 6.42 Å². The average Bonchev–Trinajstić information content (AvgIpc) is 2.79. The molecule has 0 bridgehead atoms. The van der Waals surface area contributed by atoms with Gasteiger partial charge in [-0.05, 0) is 43.4 Å². The van der Waals surface area contributed by atoms with Gasteiger partial charge in [-0.2, -0.15) is 0 Å². The van der Waals surface area contributed by atoms with Crippen molar-refractivity contribution in [3.8, 4) is 17.2 Å². The zero-order valence-electron chi connectivity index (χ0n) is 11.3. The van der Waals surface area contributed by atoms with Crippen molar-refractivity contribution >= 4 is 0 Å². The number of methoxy groups -OCH3 is 3. The summed E-state index contributed by atoms with van der Waals surface area (Å²) in [6.07, 6.45) is 3.16. The summed E-state index contributed by atoms with van der Waals surface area (Å²) in [5.41, 5.74) is 8.23. The number of aryl methyl sites for hydroxylation is 1. The fraction of sp³-hybridized carbons (Fsp3) is 0.571. The van der Waals surface area contributed by atoms with Gasteiger partial charge in [-0.25, -0.2) is 0 Å². The Morgan fingerprint density at radius 3 is 2.44 bits per heavy atom. The van der Waals surface area contributed by atoms with Crippen LogP contribution in [0, 0.1) is 0 Å². The van der Waals surface area contributed by atoms with E-state index in [1.807, 2.05) is 0 Å². The summed E-state index contributed by atoms with van der Waals surface area (Å²) in [5, 5.41) is 0. The highest BCUT2D eigenvalue weighted by atomic mass is 16.5. The Kier molecular flexibility index (Phi) is 3.97. The van der Waals surface area contributed by atoms with E-state index in [-0.39, 0.29) is 0 Å². The van der Waals surface area contributed by atoms with Crippen LogP contribution in [0.1, 0.15) is 29.9 Å². The van der Waals surface area contributed by atoms with E-state index in [0.29, 0.717) is 18.2 Å². The Balaban J connectivity index is 2.54. The highest BCUT2D eigenvalue weighted by Gasteiger charge is 2.30. The molecule has 100 valence electrons. The minimum atomic E-state index is 0.472. The molecule has 18 heavy (non-hydrogen) atoms. The number of rotatable bonds is 5. The van der Waals surface area contributed by atoms with Crippen molar-refractivity contribution in [3.05, 3.63) is 17.2 Å². The molecule has 1 unspecified atom stereocenters. The first-order valence-electron chi connectivity index (χ1n) is 6.28. The van der Waals surface area contributed by atoms with Gasteiger partial charge in [0, 0.05) is 5.56 Å². The molecule has 4 heteroatoms. The Bertz CT molecular complexity index is 432. The van der Waals surface area contributed by atoms with Gasteiger partial charge < -0.3 is 19.9 Å². The second kappa shape index (κ2) is 5.48. The lowest BCUT2D eigenvalue weighted by atomic mass is 9.96. The summed E-state index contributed by atoms with van der Waals surface area (Å²) in [6.45, 7) is 0.696. The van der Waals surface area contributed by atoms with Crippen molar-refractivity contribution in [1.82, 2.24) is 0 Å². The first-order chi connectivity index (χ1) is 8.76. The van der Waals surface area contributed by atoms with Crippen LogP contribution in [0.25, 0.3) is 0 Å². The average molecular weight is 251 g/mol. The van der Waals surface area contributed by atoms with Crippen LogP contribution in [0.2, 0.25) is 0 Å². The van der Waals surface area contributed by atoms with Gasteiger partial charge in [0.05, 0.1) is 21.3 Å². The Morgan fingerprint density at radius 1 is 1.17 bits per heavy atom. The molecule has 0 aromatic heterocycles. The van der Waals surface area contributed by atoms with Crippen LogP contribution < -0.4 is 19.9 Å². The van der Waals surface area contributed by atoms with Crippen LogP contribution in [0.3, 0.4) is 0 Å². The van der Waals surface area contributed by atoms with Crippen LogP contribution in [-0.4, -0.2) is 27.9 Å². The lowest BCUT2D eigenvalue weighted by Gasteiger charge is -2.19. The maximum absolute atomic E-state index is 5.69. The first kappa shape index (κ1) is 13.0. The van der Waals surface area contributed by atoms with Crippen LogP contribution in [0.15, 0.2) is 6.07 Å². The topological polar surface area (TPSA) is 53.7 Å². The summed E-state index contributed by atoms with van der Waals surface area (Å²) >= 11 is 0. The molecule has 0 saturated heterocycles. The lowest BCUT2D eigenvalue weighted by molar-refractivity contribution is 0.321. The molecule has 2 rings (SSSR count). The van der Waals surface area contributed by atoms with Crippen molar-refractivity contribution in [1.29, 1.82) is 0 Å². The molecule has 0 amide bonds. The normalized spacial score (nSPS) is 17.4. The molecule has 0 saturated carbocycles. The van der Waals surface area contributed by atoms with E-state index in [1.54, 1.807) is 21.3 Å². The summed E-state index contributed by atoms with van der Waals surface area (Å²) in [7, 11) is 4.96. The SMILES string of the molecule is COc1cc2c(c(OC)c1OC)C(CCN)CC2. The van der Waals surface area contributed by atoms with Gasteiger partial charge in [0.2, 0.25) is 5.75 Å². The molecule has 0 spiro atoms. The molecule has 1 aliphatic rings. The molecule has 1 aromatic carbocycles. The van der Waals surface area contributed by atoms with Gasteiger partial charge in [-0.3, -0.25) is 0 Å². The highest BCUT2D eigenvalue weighted by molar-refractivity contribution is 5.61. The molecular weight excluding hydrogens is 230 g/mol. The van der Waals surface area contributed by atoms with Crippen molar-refractivity contribution in [2.75, 3.05) is 27.9 Å². The standard InChI is InChI=1S/C14H21NO3/c1-16-11-8-10-5-4-9(6-7-15)12(10)14(18-3)13(11)17-2/h8-9H,4-7,15H2,1-3H3. The zero-order chi connectivity index (χ0) is 13.1. The number of benzene rings is 1. The van der Waals surface area contributed by atoms with E-state index < -0.39 is 0 Å². The number of ether oxygens (including phenoxy) is 3. The van der Waals surface area contributed by atoms with Crippen LogP contribution in [0.4, 0.5) is 0 Å². The molecule has 1 atom stereocenters. The molecule has 0 fully saturated rings. The second-order valence-electron chi connectivity index (χ2n) is 4.53. The maximum Gasteiger partial charge on any atom is 0.203 e. The molecule has 1 aromatic rings. The van der Waals surface area contributed by atoms with Gasteiger partial charge in [0.1, 0.15) is 0 Å². The summed E-state index contributed by atoms with van der Waals surface area (Å²) in [6, 6.07) is 2.06. The van der Waals surface area contributed by atoms with E-state index in [4.69, 9.17) is 19.9 Å². The Labute approximate surface area is 108 Å². The zero-order valence-corrected chi connectivity index (χ0v) is 11.3. The molecular formula is C14H21NO3. The third-order valence-corrected chi connectivity index (χ3v) is 3.64.